The number of amides is 1. The van der Waals surface area contributed by atoms with E-state index in [9.17, 15) is 14.9 Å². The van der Waals surface area contributed by atoms with Crippen LogP contribution in [-0.4, -0.2) is 17.9 Å². The van der Waals surface area contributed by atoms with E-state index in [2.05, 4.69) is 15.9 Å². The van der Waals surface area contributed by atoms with E-state index in [0.717, 1.165) is 0 Å². The molecule has 6 heteroatoms. The monoisotopic (exact) mass is 334 g/mol. The summed E-state index contributed by atoms with van der Waals surface area (Å²) in [5, 5.41) is 11.1. The van der Waals surface area contributed by atoms with Gasteiger partial charge in [0.25, 0.3) is 11.6 Å². The zero-order valence-corrected chi connectivity index (χ0v) is 12.2. The van der Waals surface area contributed by atoms with Gasteiger partial charge in [-0.3, -0.25) is 14.9 Å². The number of nitrogens with zero attached hydrogens (tertiary/aromatic N) is 2. The molecule has 20 heavy (non-hydrogen) atoms. The molecule has 0 unspecified atom stereocenters. The van der Waals surface area contributed by atoms with E-state index in [1.807, 2.05) is 0 Å². The minimum absolute atomic E-state index is 0.119. The first-order chi connectivity index (χ1) is 9.50. The summed E-state index contributed by atoms with van der Waals surface area (Å²) < 4.78 is 0.591. The lowest BCUT2D eigenvalue weighted by Gasteiger charge is -2.17. The number of nitro groups is 1. The highest BCUT2D eigenvalue weighted by Gasteiger charge is 2.22. The topological polar surface area (TPSA) is 63.5 Å². The summed E-state index contributed by atoms with van der Waals surface area (Å²) in [4.78, 5) is 24.2. The fraction of sp³-hybridized carbons (Fsp3) is 0.0714. The summed E-state index contributed by atoms with van der Waals surface area (Å²) in [5.41, 5.74) is 0.616. The van der Waals surface area contributed by atoms with Crippen molar-refractivity contribution in [1.29, 1.82) is 0 Å². The van der Waals surface area contributed by atoms with Crippen molar-refractivity contribution in [2.75, 3.05) is 11.9 Å². The molecule has 0 aliphatic carbocycles. The highest BCUT2D eigenvalue weighted by atomic mass is 79.9. The Morgan fingerprint density at radius 3 is 2.45 bits per heavy atom. The second-order valence-electron chi connectivity index (χ2n) is 4.12. The number of hydrogen-bond acceptors (Lipinski definition) is 3. The molecule has 0 aliphatic heterocycles. The summed E-state index contributed by atoms with van der Waals surface area (Å²) in [5.74, 6) is -0.295. The van der Waals surface area contributed by atoms with Crippen LogP contribution in [0.5, 0.6) is 0 Å². The van der Waals surface area contributed by atoms with Crippen LogP contribution in [-0.2, 0) is 0 Å². The molecule has 1 amide bonds. The summed E-state index contributed by atoms with van der Waals surface area (Å²) >= 11 is 3.19. The number of carbonyl (C=O) groups is 1. The van der Waals surface area contributed by atoms with Crippen molar-refractivity contribution in [3.8, 4) is 0 Å². The largest absolute Gasteiger partial charge is 0.305 e. The Hall–Kier alpha value is -2.21. The van der Waals surface area contributed by atoms with Crippen molar-refractivity contribution in [2.45, 2.75) is 0 Å². The molecule has 2 rings (SSSR count). The molecule has 0 N–H and O–H groups in total. The Bertz CT molecular complexity index is 659. The van der Waals surface area contributed by atoms with Gasteiger partial charge in [0, 0.05) is 23.2 Å². The van der Waals surface area contributed by atoms with E-state index < -0.39 is 4.92 Å². The lowest BCUT2D eigenvalue weighted by molar-refractivity contribution is -0.384. The standard InChI is InChI=1S/C14H11BrN2O3/c1-16(14(18)10-5-3-2-4-6-10)12-8-7-11(15)9-13(12)17(19)20/h2-9H,1H3. The van der Waals surface area contributed by atoms with Crippen LogP contribution >= 0.6 is 15.9 Å². The Kier molecular flexibility index (Phi) is 4.14. The second-order valence-corrected chi connectivity index (χ2v) is 5.04. The van der Waals surface area contributed by atoms with Crippen LogP contribution in [0.1, 0.15) is 10.4 Å². The average Bonchev–Trinajstić information content (AvgIpc) is 2.46. The highest BCUT2D eigenvalue weighted by Crippen LogP contribution is 2.31. The zero-order chi connectivity index (χ0) is 14.7. The highest BCUT2D eigenvalue weighted by molar-refractivity contribution is 9.10. The minimum atomic E-state index is -0.505. The van der Waals surface area contributed by atoms with Crippen molar-refractivity contribution in [1.82, 2.24) is 0 Å². The second kappa shape index (κ2) is 5.83. The number of halogens is 1. The molecular weight excluding hydrogens is 324 g/mol. The van der Waals surface area contributed by atoms with Crippen LogP contribution in [0.2, 0.25) is 0 Å². The average molecular weight is 335 g/mol. The molecule has 0 saturated heterocycles. The summed E-state index contributed by atoms with van der Waals surface area (Å²) in [7, 11) is 1.52. The Morgan fingerprint density at radius 1 is 1.20 bits per heavy atom. The SMILES string of the molecule is CN(C(=O)c1ccccc1)c1ccc(Br)cc1[N+](=O)[O-]. The molecule has 5 nitrogen and oxygen atoms in total. The van der Waals surface area contributed by atoms with Gasteiger partial charge in [0.15, 0.2) is 0 Å². The van der Waals surface area contributed by atoms with Gasteiger partial charge in [0.05, 0.1) is 4.92 Å². The first-order valence-corrected chi connectivity index (χ1v) is 6.57. The fourth-order valence-electron chi connectivity index (χ4n) is 1.81. The maximum Gasteiger partial charge on any atom is 0.294 e. The molecule has 0 bridgehead atoms. The molecule has 0 fully saturated rings. The first kappa shape index (κ1) is 14.2. The van der Waals surface area contributed by atoms with Crippen LogP contribution in [0.25, 0.3) is 0 Å². The lowest BCUT2D eigenvalue weighted by Crippen LogP contribution is -2.26. The van der Waals surface area contributed by atoms with Crippen LogP contribution in [0, 0.1) is 10.1 Å². The van der Waals surface area contributed by atoms with E-state index >= 15 is 0 Å². The predicted octanol–water partition coefficient (Wildman–Crippen LogP) is 3.63. The van der Waals surface area contributed by atoms with Crippen molar-refractivity contribution in [3.05, 3.63) is 68.7 Å². The van der Waals surface area contributed by atoms with Gasteiger partial charge < -0.3 is 4.90 Å². The smallest absolute Gasteiger partial charge is 0.294 e. The molecule has 102 valence electrons. The number of hydrogen-bond donors (Lipinski definition) is 0. The van der Waals surface area contributed by atoms with Gasteiger partial charge in [-0.15, -0.1) is 0 Å². The van der Waals surface area contributed by atoms with E-state index in [1.54, 1.807) is 42.5 Å². The predicted molar refractivity (Wildman–Crippen MR) is 80.0 cm³/mol. The molecule has 0 aliphatic rings. The van der Waals surface area contributed by atoms with Crippen molar-refractivity contribution < 1.29 is 9.72 Å². The van der Waals surface area contributed by atoms with E-state index in [-0.39, 0.29) is 17.3 Å². The summed E-state index contributed by atoms with van der Waals surface area (Å²) in [6.45, 7) is 0. The van der Waals surface area contributed by atoms with Crippen molar-refractivity contribution in [2.24, 2.45) is 0 Å². The minimum Gasteiger partial charge on any atom is -0.305 e. The van der Waals surface area contributed by atoms with Crippen LogP contribution in [0.4, 0.5) is 11.4 Å². The molecule has 0 spiro atoms. The normalized spacial score (nSPS) is 10.1. The number of benzene rings is 2. The van der Waals surface area contributed by atoms with Crippen LogP contribution in [0.3, 0.4) is 0 Å². The summed E-state index contributed by atoms with van der Waals surface area (Å²) in [6, 6.07) is 13.2. The van der Waals surface area contributed by atoms with Crippen LogP contribution in [0.15, 0.2) is 53.0 Å². The van der Waals surface area contributed by atoms with Gasteiger partial charge in [0.1, 0.15) is 5.69 Å². The van der Waals surface area contributed by atoms with Gasteiger partial charge >= 0.3 is 0 Å². The molecule has 0 heterocycles. The number of rotatable bonds is 3. The van der Waals surface area contributed by atoms with Crippen LogP contribution < -0.4 is 4.90 Å². The Morgan fingerprint density at radius 2 is 1.85 bits per heavy atom. The Labute approximate surface area is 124 Å². The third kappa shape index (κ3) is 2.85. The van der Waals surface area contributed by atoms with Gasteiger partial charge in [-0.05, 0) is 24.3 Å². The molecular formula is C14H11BrN2O3. The fourth-order valence-corrected chi connectivity index (χ4v) is 2.16. The third-order valence-corrected chi connectivity index (χ3v) is 3.31. The van der Waals surface area contributed by atoms with Gasteiger partial charge in [-0.25, -0.2) is 0 Å². The lowest BCUT2D eigenvalue weighted by atomic mass is 10.2. The number of nitro benzene ring substituents is 1. The molecule has 0 aromatic heterocycles. The third-order valence-electron chi connectivity index (χ3n) is 2.82. The summed E-state index contributed by atoms with van der Waals surface area (Å²) in [6.07, 6.45) is 0. The van der Waals surface area contributed by atoms with Gasteiger partial charge in [-0.1, -0.05) is 34.1 Å². The maximum absolute atomic E-state index is 12.3. The zero-order valence-electron chi connectivity index (χ0n) is 10.6. The van der Waals surface area contributed by atoms with E-state index in [1.165, 1.54) is 18.0 Å². The number of anilines is 1. The Balaban J connectivity index is 2.41. The number of carbonyl (C=O) groups excluding carboxylic acids is 1. The van der Waals surface area contributed by atoms with E-state index in [0.29, 0.717) is 10.0 Å². The van der Waals surface area contributed by atoms with Crippen molar-refractivity contribution >= 4 is 33.2 Å². The quantitative estimate of drug-likeness (QED) is 0.635. The first-order valence-electron chi connectivity index (χ1n) is 5.78. The van der Waals surface area contributed by atoms with E-state index in [4.69, 9.17) is 0 Å². The molecule has 2 aromatic carbocycles. The van der Waals surface area contributed by atoms with Gasteiger partial charge in [0.2, 0.25) is 0 Å². The molecule has 2 aromatic rings. The molecule has 0 saturated carbocycles. The molecule has 0 radical (unpaired) electrons. The van der Waals surface area contributed by atoms with Crippen molar-refractivity contribution in [3.63, 3.8) is 0 Å². The molecule has 0 atom stereocenters. The maximum atomic E-state index is 12.3. The van der Waals surface area contributed by atoms with Gasteiger partial charge in [-0.2, -0.15) is 0 Å².